The van der Waals surface area contributed by atoms with E-state index in [2.05, 4.69) is 0 Å². The molecule has 1 fully saturated rings. The average Bonchev–Trinajstić information content (AvgIpc) is 2.89. The average molecular weight is 274 g/mol. The molecule has 19 heavy (non-hydrogen) atoms. The van der Waals surface area contributed by atoms with Crippen LogP contribution in [-0.4, -0.2) is 10.8 Å². The van der Waals surface area contributed by atoms with Crippen molar-refractivity contribution in [1.82, 2.24) is 0 Å². The summed E-state index contributed by atoms with van der Waals surface area (Å²) in [7, 11) is 0. The van der Waals surface area contributed by atoms with Gasteiger partial charge < -0.3 is 0 Å². The zero-order valence-electron chi connectivity index (χ0n) is 9.85. The van der Waals surface area contributed by atoms with Gasteiger partial charge in [0.2, 0.25) is 5.91 Å². The van der Waals surface area contributed by atoms with Crippen LogP contribution in [-0.2, 0) is 4.79 Å². The molecule has 1 aromatic heterocycles. The first-order chi connectivity index (χ1) is 9.18. The van der Waals surface area contributed by atoms with E-state index >= 15 is 0 Å². The minimum atomic E-state index is -0.452. The van der Waals surface area contributed by atoms with Crippen molar-refractivity contribution in [3.63, 3.8) is 0 Å². The van der Waals surface area contributed by atoms with Crippen molar-refractivity contribution in [2.45, 2.75) is 12.5 Å². The number of carbonyl (C=O) groups is 1. The molecular formula is C13H10N2O3S. The Morgan fingerprint density at radius 3 is 2.68 bits per heavy atom. The molecule has 1 amide bonds. The van der Waals surface area contributed by atoms with E-state index in [1.807, 2.05) is 17.5 Å². The van der Waals surface area contributed by atoms with Crippen molar-refractivity contribution >= 4 is 28.6 Å². The number of benzene rings is 1. The molecule has 1 saturated heterocycles. The minimum absolute atomic E-state index is 0.0305. The predicted molar refractivity (Wildman–Crippen MR) is 72.3 cm³/mol. The van der Waals surface area contributed by atoms with Crippen molar-refractivity contribution in [2.24, 2.45) is 0 Å². The molecule has 1 aromatic carbocycles. The Hall–Kier alpha value is -2.21. The van der Waals surface area contributed by atoms with E-state index in [1.165, 1.54) is 11.0 Å². The Kier molecular flexibility index (Phi) is 2.79. The van der Waals surface area contributed by atoms with Crippen molar-refractivity contribution in [3.05, 3.63) is 56.8 Å². The fourth-order valence-corrected chi connectivity index (χ4v) is 3.07. The molecule has 6 heteroatoms. The monoisotopic (exact) mass is 274 g/mol. The zero-order chi connectivity index (χ0) is 13.4. The van der Waals surface area contributed by atoms with Gasteiger partial charge in [-0.25, -0.2) is 0 Å². The van der Waals surface area contributed by atoms with Crippen molar-refractivity contribution < 1.29 is 9.72 Å². The van der Waals surface area contributed by atoms with Crippen molar-refractivity contribution in [3.8, 4) is 0 Å². The number of β-lactam (4-membered cyclic amide) rings is 1. The van der Waals surface area contributed by atoms with Gasteiger partial charge >= 0.3 is 0 Å². The highest BCUT2D eigenvalue weighted by Gasteiger charge is 2.41. The van der Waals surface area contributed by atoms with Crippen LogP contribution < -0.4 is 4.90 Å². The lowest BCUT2D eigenvalue weighted by Gasteiger charge is -2.39. The SMILES string of the molecule is O=C1CC(c2cccs2)N1c1ccccc1[N+](=O)[O-]. The van der Waals surface area contributed by atoms with Gasteiger partial charge in [-0.3, -0.25) is 19.8 Å². The van der Waals surface area contributed by atoms with E-state index in [1.54, 1.807) is 29.5 Å². The number of amides is 1. The quantitative estimate of drug-likeness (QED) is 0.490. The van der Waals surface area contributed by atoms with Crippen LogP contribution in [0.3, 0.4) is 0 Å². The number of hydrogen-bond acceptors (Lipinski definition) is 4. The van der Waals surface area contributed by atoms with Crippen molar-refractivity contribution in [2.75, 3.05) is 4.90 Å². The first-order valence-electron chi connectivity index (χ1n) is 5.77. The van der Waals surface area contributed by atoms with E-state index in [9.17, 15) is 14.9 Å². The highest BCUT2D eigenvalue weighted by Crippen LogP contribution is 2.43. The highest BCUT2D eigenvalue weighted by atomic mass is 32.1. The zero-order valence-corrected chi connectivity index (χ0v) is 10.7. The second-order valence-electron chi connectivity index (χ2n) is 4.24. The molecule has 2 heterocycles. The molecule has 3 rings (SSSR count). The van der Waals surface area contributed by atoms with Crippen LogP contribution in [0.1, 0.15) is 17.3 Å². The second-order valence-corrected chi connectivity index (χ2v) is 5.22. The number of nitro benzene ring substituents is 1. The number of anilines is 1. The summed E-state index contributed by atoms with van der Waals surface area (Å²) < 4.78 is 0. The Morgan fingerprint density at radius 1 is 1.26 bits per heavy atom. The molecule has 0 radical (unpaired) electrons. The van der Waals surface area contributed by atoms with Crippen LogP contribution in [0.4, 0.5) is 11.4 Å². The fourth-order valence-electron chi connectivity index (χ4n) is 2.25. The summed E-state index contributed by atoms with van der Waals surface area (Å²) in [5, 5.41) is 13.0. The molecule has 0 spiro atoms. The third-order valence-corrected chi connectivity index (χ3v) is 4.13. The maximum absolute atomic E-state index is 11.8. The molecule has 1 atom stereocenters. The van der Waals surface area contributed by atoms with E-state index in [-0.39, 0.29) is 17.6 Å². The second kappa shape index (κ2) is 4.47. The molecule has 5 nitrogen and oxygen atoms in total. The lowest BCUT2D eigenvalue weighted by atomic mass is 9.98. The largest absolute Gasteiger partial charge is 0.297 e. The Morgan fingerprint density at radius 2 is 2.05 bits per heavy atom. The van der Waals surface area contributed by atoms with Gasteiger partial charge in [0.25, 0.3) is 5.69 Å². The number of carbonyl (C=O) groups excluding carboxylic acids is 1. The van der Waals surface area contributed by atoms with Gasteiger partial charge in [0.1, 0.15) is 5.69 Å². The molecule has 2 aromatic rings. The molecule has 96 valence electrons. The first-order valence-corrected chi connectivity index (χ1v) is 6.65. The third kappa shape index (κ3) is 1.90. The van der Waals surface area contributed by atoms with Crippen molar-refractivity contribution in [1.29, 1.82) is 0 Å². The molecule has 1 aliphatic heterocycles. The summed E-state index contributed by atoms with van der Waals surface area (Å²) >= 11 is 1.56. The standard InChI is InChI=1S/C13H10N2O3S/c16-13-8-11(12-6-3-7-19-12)14(13)9-4-1-2-5-10(9)15(17)18/h1-7,11H,8H2. The minimum Gasteiger partial charge on any atom is -0.297 e. The Bertz CT molecular complexity index is 639. The van der Waals surface area contributed by atoms with Crippen LogP contribution in [0.15, 0.2) is 41.8 Å². The molecule has 0 saturated carbocycles. The van der Waals surface area contributed by atoms with Crippen LogP contribution >= 0.6 is 11.3 Å². The van der Waals surface area contributed by atoms with Crippen LogP contribution in [0, 0.1) is 10.1 Å². The van der Waals surface area contributed by atoms with Gasteiger partial charge in [0.05, 0.1) is 17.4 Å². The number of hydrogen-bond donors (Lipinski definition) is 0. The summed E-state index contributed by atoms with van der Waals surface area (Å²) in [4.78, 5) is 25.0. The van der Waals surface area contributed by atoms with Crippen LogP contribution in [0.5, 0.6) is 0 Å². The van der Waals surface area contributed by atoms with Gasteiger partial charge in [-0.15, -0.1) is 11.3 Å². The van der Waals surface area contributed by atoms with Gasteiger partial charge in [0.15, 0.2) is 0 Å². The molecular weight excluding hydrogens is 264 g/mol. The third-order valence-electron chi connectivity index (χ3n) is 3.16. The highest BCUT2D eigenvalue weighted by molar-refractivity contribution is 7.10. The first kappa shape index (κ1) is 11.9. The molecule has 1 unspecified atom stereocenters. The maximum atomic E-state index is 11.8. The van der Waals surface area contributed by atoms with Gasteiger partial charge in [0, 0.05) is 10.9 Å². The lowest BCUT2D eigenvalue weighted by molar-refractivity contribution is -0.384. The van der Waals surface area contributed by atoms with E-state index in [0.29, 0.717) is 12.1 Å². The molecule has 0 N–H and O–H groups in total. The number of nitro groups is 1. The van der Waals surface area contributed by atoms with Crippen LogP contribution in [0.2, 0.25) is 0 Å². The van der Waals surface area contributed by atoms with E-state index < -0.39 is 4.92 Å². The predicted octanol–water partition coefficient (Wildman–Crippen LogP) is 3.13. The number of rotatable bonds is 3. The summed E-state index contributed by atoms with van der Waals surface area (Å²) in [6.07, 6.45) is 0.409. The molecule has 1 aliphatic rings. The van der Waals surface area contributed by atoms with Gasteiger partial charge in [-0.1, -0.05) is 18.2 Å². The number of nitrogens with zero attached hydrogens (tertiary/aromatic N) is 2. The Balaban J connectivity index is 2.01. The van der Waals surface area contributed by atoms with E-state index in [4.69, 9.17) is 0 Å². The summed E-state index contributed by atoms with van der Waals surface area (Å²) in [6, 6.07) is 10.1. The normalized spacial score (nSPS) is 18.2. The summed E-state index contributed by atoms with van der Waals surface area (Å²) in [5.41, 5.74) is 0.347. The number of thiophene rings is 1. The lowest BCUT2D eigenvalue weighted by Crippen LogP contribution is -2.46. The van der Waals surface area contributed by atoms with Gasteiger partial charge in [-0.05, 0) is 17.5 Å². The smallest absolute Gasteiger partial charge is 0.292 e. The summed E-state index contributed by atoms with van der Waals surface area (Å²) in [5.74, 6) is -0.0762. The maximum Gasteiger partial charge on any atom is 0.292 e. The van der Waals surface area contributed by atoms with Gasteiger partial charge in [-0.2, -0.15) is 0 Å². The summed E-state index contributed by atoms with van der Waals surface area (Å²) in [6.45, 7) is 0. The number of para-hydroxylation sites is 2. The Labute approximate surface area is 113 Å². The molecule has 0 aliphatic carbocycles. The fraction of sp³-hybridized carbons (Fsp3) is 0.154. The van der Waals surface area contributed by atoms with E-state index in [0.717, 1.165) is 4.88 Å². The molecule has 0 bridgehead atoms. The van der Waals surface area contributed by atoms with Crippen LogP contribution in [0.25, 0.3) is 0 Å². The topological polar surface area (TPSA) is 63.5 Å².